The van der Waals surface area contributed by atoms with E-state index in [1.807, 2.05) is 0 Å². The van der Waals surface area contributed by atoms with Gasteiger partial charge in [0, 0.05) is 6.54 Å². The van der Waals surface area contributed by atoms with Crippen LogP contribution < -0.4 is 5.32 Å². The van der Waals surface area contributed by atoms with Crippen molar-refractivity contribution in [3.05, 3.63) is 29.6 Å². The fourth-order valence-corrected chi connectivity index (χ4v) is 1.09. The van der Waals surface area contributed by atoms with E-state index in [1.54, 1.807) is 0 Å². The van der Waals surface area contributed by atoms with Gasteiger partial charge in [0.05, 0.1) is 25.0 Å². The number of benzene rings is 1. The van der Waals surface area contributed by atoms with Gasteiger partial charge < -0.3 is 15.2 Å². The average molecular weight is 213 g/mol. The number of anilines is 1. The molecule has 4 nitrogen and oxygen atoms in total. The van der Waals surface area contributed by atoms with Crippen molar-refractivity contribution in [1.29, 1.82) is 0 Å². The van der Waals surface area contributed by atoms with Gasteiger partial charge in [-0.25, -0.2) is 9.18 Å². The van der Waals surface area contributed by atoms with Crippen LogP contribution in [0.1, 0.15) is 10.4 Å². The van der Waals surface area contributed by atoms with Gasteiger partial charge in [-0.1, -0.05) is 0 Å². The van der Waals surface area contributed by atoms with Gasteiger partial charge in [-0.3, -0.25) is 0 Å². The Kier molecular flexibility index (Phi) is 4.05. The van der Waals surface area contributed by atoms with E-state index in [2.05, 4.69) is 10.1 Å². The summed E-state index contributed by atoms with van der Waals surface area (Å²) in [5.74, 6) is -1.13. The molecule has 0 aliphatic carbocycles. The van der Waals surface area contributed by atoms with Crippen LogP contribution in [0.15, 0.2) is 18.2 Å². The fourth-order valence-electron chi connectivity index (χ4n) is 1.09. The van der Waals surface area contributed by atoms with Gasteiger partial charge in [0.15, 0.2) is 0 Å². The van der Waals surface area contributed by atoms with Crippen LogP contribution in [0, 0.1) is 5.82 Å². The molecule has 0 unspecified atom stereocenters. The van der Waals surface area contributed by atoms with E-state index in [0.29, 0.717) is 0 Å². The highest BCUT2D eigenvalue weighted by atomic mass is 19.1. The predicted octanol–water partition coefficient (Wildman–Crippen LogP) is 1.02. The van der Waals surface area contributed by atoms with E-state index in [4.69, 9.17) is 5.11 Å². The van der Waals surface area contributed by atoms with Crippen molar-refractivity contribution in [2.75, 3.05) is 25.6 Å². The molecule has 1 aromatic rings. The number of rotatable bonds is 4. The lowest BCUT2D eigenvalue weighted by atomic mass is 10.2. The zero-order valence-corrected chi connectivity index (χ0v) is 8.29. The van der Waals surface area contributed by atoms with Crippen LogP contribution in [0.2, 0.25) is 0 Å². The predicted molar refractivity (Wildman–Crippen MR) is 53.3 cm³/mol. The summed E-state index contributed by atoms with van der Waals surface area (Å²) < 4.78 is 17.8. The second-order valence-corrected chi connectivity index (χ2v) is 2.84. The van der Waals surface area contributed by atoms with Crippen LogP contribution in [-0.4, -0.2) is 31.3 Å². The standard InChI is InChI=1S/C10H12FNO3/c1-15-10(14)7-2-3-9(8(11)6-7)12-4-5-13/h2-3,6,12-13H,4-5H2,1H3. The summed E-state index contributed by atoms with van der Waals surface area (Å²) in [4.78, 5) is 11.0. The summed E-state index contributed by atoms with van der Waals surface area (Å²) in [6.45, 7) is 0.173. The fraction of sp³-hybridized carbons (Fsp3) is 0.300. The van der Waals surface area contributed by atoms with Gasteiger partial charge in [-0.2, -0.15) is 0 Å². The van der Waals surface area contributed by atoms with Crippen LogP contribution in [-0.2, 0) is 4.74 Å². The summed E-state index contributed by atoms with van der Waals surface area (Å²) >= 11 is 0. The lowest BCUT2D eigenvalue weighted by molar-refractivity contribution is 0.0600. The molecule has 1 rings (SSSR count). The van der Waals surface area contributed by atoms with Crippen molar-refractivity contribution in [3.63, 3.8) is 0 Å². The summed E-state index contributed by atoms with van der Waals surface area (Å²) in [7, 11) is 1.23. The first-order valence-corrected chi connectivity index (χ1v) is 4.41. The van der Waals surface area contributed by atoms with E-state index in [9.17, 15) is 9.18 Å². The van der Waals surface area contributed by atoms with Crippen molar-refractivity contribution in [1.82, 2.24) is 0 Å². The third-order valence-corrected chi connectivity index (χ3v) is 1.82. The molecule has 0 saturated carbocycles. The Bertz CT molecular complexity index is 355. The zero-order valence-electron chi connectivity index (χ0n) is 8.29. The maximum atomic E-state index is 13.3. The Balaban J connectivity index is 2.83. The molecular weight excluding hydrogens is 201 g/mol. The SMILES string of the molecule is COC(=O)c1ccc(NCCO)c(F)c1. The molecule has 0 spiro atoms. The van der Waals surface area contributed by atoms with Crippen molar-refractivity contribution < 1.29 is 19.0 Å². The highest BCUT2D eigenvalue weighted by Gasteiger charge is 2.08. The number of methoxy groups -OCH3 is 1. The molecule has 1 aromatic carbocycles. The van der Waals surface area contributed by atoms with E-state index in [1.165, 1.54) is 19.2 Å². The molecule has 0 aromatic heterocycles. The number of ether oxygens (including phenoxy) is 1. The number of carbonyl (C=O) groups is 1. The zero-order chi connectivity index (χ0) is 11.3. The largest absolute Gasteiger partial charge is 0.465 e. The number of esters is 1. The van der Waals surface area contributed by atoms with Crippen LogP contribution in [0.3, 0.4) is 0 Å². The van der Waals surface area contributed by atoms with Gasteiger partial charge in [0.2, 0.25) is 0 Å². The number of carbonyl (C=O) groups excluding carboxylic acids is 1. The summed E-state index contributed by atoms with van der Waals surface area (Å²) in [5.41, 5.74) is 0.404. The van der Waals surface area contributed by atoms with Crippen molar-refractivity contribution in [3.8, 4) is 0 Å². The molecule has 0 radical (unpaired) electrons. The quantitative estimate of drug-likeness (QED) is 0.733. The van der Waals surface area contributed by atoms with E-state index in [-0.39, 0.29) is 24.4 Å². The maximum Gasteiger partial charge on any atom is 0.337 e. The Morgan fingerprint density at radius 1 is 1.60 bits per heavy atom. The Morgan fingerprint density at radius 3 is 2.87 bits per heavy atom. The molecule has 2 N–H and O–H groups in total. The first kappa shape index (κ1) is 11.5. The summed E-state index contributed by atoms with van der Waals surface area (Å²) in [6, 6.07) is 3.97. The highest BCUT2D eigenvalue weighted by molar-refractivity contribution is 5.89. The number of aliphatic hydroxyl groups is 1. The lowest BCUT2D eigenvalue weighted by Crippen LogP contribution is -2.08. The number of hydrogen-bond acceptors (Lipinski definition) is 4. The van der Waals surface area contributed by atoms with Gasteiger partial charge in [0.25, 0.3) is 0 Å². The van der Waals surface area contributed by atoms with Crippen molar-refractivity contribution in [2.24, 2.45) is 0 Å². The molecule has 0 saturated heterocycles. The van der Waals surface area contributed by atoms with Crippen LogP contribution >= 0.6 is 0 Å². The van der Waals surface area contributed by atoms with Gasteiger partial charge >= 0.3 is 5.97 Å². The monoisotopic (exact) mass is 213 g/mol. The third kappa shape index (κ3) is 2.92. The minimum atomic E-state index is -0.581. The number of nitrogens with one attached hydrogen (secondary N) is 1. The van der Waals surface area contributed by atoms with Crippen molar-refractivity contribution in [2.45, 2.75) is 0 Å². The molecule has 0 atom stereocenters. The number of halogens is 1. The smallest absolute Gasteiger partial charge is 0.337 e. The number of aliphatic hydroxyl groups excluding tert-OH is 1. The molecule has 82 valence electrons. The molecule has 0 heterocycles. The first-order chi connectivity index (χ1) is 7.19. The second-order valence-electron chi connectivity index (χ2n) is 2.84. The first-order valence-electron chi connectivity index (χ1n) is 4.41. The summed E-state index contributed by atoms with van der Waals surface area (Å²) in [6.07, 6.45) is 0. The summed E-state index contributed by atoms with van der Waals surface area (Å²) in [5, 5.41) is 11.2. The molecule has 0 bridgehead atoms. The molecule has 0 fully saturated rings. The molecule has 0 aliphatic rings. The molecular formula is C10H12FNO3. The minimum Gasteiger partial charge on any atom is -0.465 e. The average Bonchev–Trinajstić information content (AvgIpc) is 2.26. The van der Waals surface area contributed by atoms with E-state index >= 15 is 0 Å². The normalized spacial score (nSPS) is 9.80. The van der Waals surface area contributed by atoms with Crippen molar-refractivity contribution >= 4 is 11.7 Å². The van der Waals surface area contributed by atoms with E-state index < -0.39 is 11.8 Å². The third-order valence-electron chi connectivity index (χ3n) is 1.82. The van der Waals surface area contributed by atoms with Gasteiger partial charge in [0.1, 0.15) is 5.82 Å². The maximum absolute atomic E-state index is 13.3. The van der Waals surface area contributed by atoms with Crippen LogP contribution in [0.25, 0.3) is 0 Å². The molecule has 0 amide bonds. The number of hydrogen-bond donors (Lipinski definition) is 2. The Labute approximate surface area is 86.7 Å². The highest BCUT2D eigenvalue weighted by Crippen LogP contribution is 2.15. The van der Waals surface area contributed by atoms with E-state index in [0.717, 1.165) is 6.07 Å². The van der Waals surface area contributed by atoms with Crippen LogP contribution in [0.4, 0.5) is 10.1 Å². The van der Waals surface area contributed by atoms with Crippen LogP contribution in [0.5, 0.6) is 0 Å². The Morgan fingerprint density at radius 2 is 2.33 bits per heavy atom. The minimum absolute atomic E-state index is 0.0851. The van der Waals surface area contributed by atoms with Gasteiger partial charge in [-0.05, 0) is 18.2 Å². The van der Waals surface area contributed by atoms with Gasteiger partial charge in [-0.15, -0.1) is 0 Å². The lowest BCUT2D eigenvalue weighted by Gasteiger charge is -2.06. The topological polar surface area (TPSA) is 58.6 Å². The second kappa shape index (κ2) is 5.31. The molecule has 0 aliphatic heterocycles. The Hall–Kier alpha value is -1.62. The molecule has 5 heteroatoms. The molecule has 15 heavy (non-hydrogen) atoms.